The Morgan fingerprint density at radius 3 is 3.21 bits per heavy atom. The van der Waals surface area contributed by atoms with Gasteiger partial charge in [0.05, 0.1) is 25.7 Å². The summed E-state index contributed by atoms with van der Waals surface area (Å²) in [5.41, 5.74) is 0. The molecule has 0 spiro atoms. The van der Waals surface area contributed by atoms with E-state index in [2.05, 4.69) is 15.2 Å². The first kappa shape index (κ1) is 13.0. The number of nitrogens with zero attached hydrogens (tertiary/aromatic N) is 2. The fraction of sp³-hybridized carbons (Fsp3) is 0.692. The Labute approximate surface area is 117 Å². The van der Waals surface area contributed by atoms with Gasteiger partial charge in [0.25, 0.3) is 0 Å². The number of ether oxygens (including phenoxy) is 1. The van der Waals surface area contributed by atoms with E-state index in [9.17, 15) is 4.79 Å². The van der Waals surface area contributed by atoms with Crippen LogP contribution in [0.4, 0.5) is 0 Å². The van der Waals surface area contributed by atoms with E-state index in [1.54, 1.807) is 18.4 Å². The molecule has 6 heteroatoms. The Bertz CT molecular complexity index is 437. The Morgan fingerprint density at radius 2 is 2.47 bits per heavy atom. The first-order valence-corrected chi connectivity index (χ1v) is 7.56. The van der Waals surface area contributed by atoms with Gasteiger partial charge in [0.2, 0.25) is 5.91 Å². The van der Waals surface area contributed by atoms with E-state index in [1.807, 2.05) is 11.6 Å². The lowest BCUT2D eigenvalue weighted by Crippen LogP contribution is -2.43. The van der Waals surface area contributed by atoms with Crippen LogP contribution in [0.1, 0.15) is 5.01 Å². The summed E-state index contributed by atoms with van der Waals surface area (Å²) >= 11 is 1.69. The van der Waals surface area contributed by atoms with Crippen molar-refractivity contribution in [3.63, 3.8) is 0 Å². The van der Waals surface area contributed by atoms with Gasteiger partial charge in [0.1, 0.15) is 5.01 Å². The molecule has 2 aliphatic rings. The average Bonchev–Trinajstić information content (AvgIpc) is 3.06. The van der Waals surface area contributed by atoms with Crippen LogP contribution >= 0.6 is 11.3 Å². The standard InChI is InChI=1S/C13H19N3O2S/c1-14-13(17)11-8-18-7-9-4-16(5-10(9)11)6-12-15-2-3-19-12/h2-3,9-11H,4-8H2,1H3,(H,14,17)/t9-,10-,11+/m0/s1. The predicted octanol–water partition coefficient (Wildman–Crippen LogP) is 0.584. The zero-order valence-corrected chi connectivity index (χ0v) is 11.9. The van der Waals surface area contributed by atoms with E-state index in [-0.39, 0.29) is 11.8 Å². The lowest BCUT2D eigenvalue weighted by Gasteiger charge is -2.31. The van der Waals surface area contributed by atoms with Gasteiger partial charge in [-0.05, 0) is 11.8 Å². The summed E-state index contributed by atoms with van der Waals surface area (Å²) in [6.07, 6.45) is 1.85. The van der Waals surface area contributed by atoms with Crippen molar-refractivity contribution in [3.8, 4) is 0 Å². The molecule has 1 N–H and O–H groups in total. The van der Waals surface area contributed by atoms with Crippen molar-refractivity contribution in [1.82, 2.24) is 15.2 Å². The summed E-state index contributed by atoms with van der Waals surface area (Å²) < 4.78 is 5.60. The van der Waals surface area contributed by atoms with Crippen LogP contribution in [0.5, 0.6) is 0 Å². The molecule has 0 bridgehead atoms. The highest BCUT2D eigenvalue weighted by Gasteiger charge is 2.43. The van der Waals surface area contributed by atoms with Crippen molar-refractivity contribution in [1.29, 1.82) is 0 Å². The van der Waals surface area contributed by atoms with Crippen LogP contribution in [0.15, 0.2) is 11.6 Å². The monoisotopic (exact) mass is 281 g/mol. The molecule has 3 atom stereocenters. The van der Waals surface area contributed by atoms with Gasteiger partial charge in [0.15, 0.2) is 0 Å². The van der Waals surface area contributed by atoms with Crippen LogP contribution in [-0.2, 0) is 16.1 Å². The summed E-state index contributed by atoms with van der Waals surface area (Å²) in [4.78, 5) is 18.6. The molecule has 1 aromatic heterocycles. The lowest BCUT2D eigenvalue weighted by atomic mass is 9.82. The smallest absolute Gasteiger partial charge is 0.225 e. The zero-order valence-electron chi connectivity index (χ0n) is 11.0. The first-order chi connectivity index (χ1) is 9.28. The molecular weight excluding hydrogens is 262 g/mol. The van der Waals surface area contributed by atoms with E-state index < -0.39 is 0 Å². The van der Waals surface area contributed by atoms with Gasteiger partial charge >= 0.3 is 0 Å². The van der Waals surface area contributed by atoms with Crippen LogP contribution in [0.3, 0.4) is 0 Å². The highest BCUT2D eigenvalue weighted by atomic mass is 32.1. The third kappa shape index (κ3) is 2.66. The molecule has 0 unspecified atom stereocenters. The number of amides is 1. The maximum Gasteiger partial charge on any atom is 0.225 e. The minimum Gasteiger partial charge on any atom is -0.380 e. The largest absolute Gasteiger partial charge is 0.380 e. The van der Waals surface area contributed by atoms with Crippen molar-refractivity contribution in [2.75, 3.05) is 33.4 Å². The zero-order chi connectivity index (χ0) is 13.2. The summed E-state index contributed by atoms with van der Waals surface area (Å²) in [5, 5.41) is 5.92. The van der Waals surface area contributed by atoms with Crippen LogP contribution in [0, 0.1) is 17.8 Å². The molecule has 0 saturated carbocycles. The SMILES string of the molecule is CNC(=O)[C@@H]1COC[C@@H]2CN(Cc3nccs3)C[C@@H]21. The van der Waals surface area contributed by atoms with E-state index >= 15 is 0 Å². The summed E-state index contributed by atoms with van der Waals surface area (Å²) in [6, 6.07) is 0. The third-order valence-electron chi connectivity index (χ3n) is 4.14. The van der Waals surface area contributed by atoms with Gasteiger partial charge in [-0.25, -0.2) is 4.98 Å². The van der Waals surface area contributed by atoms with Gasteiger partial charge in [-0.2, -0.15) is 0 Å². The third-order valence-corrected chi connectivity index (χ3v) is 4.90. The number of aromatic nitrogens is 1. The molecule has 2 aliphatic heterocycles. The number of thiazole rings is 1. The van der Waals surface area contributed by atoms with Gasteiger partial charge in [-0.1, -0.05) is 0 Å². The summed E-state index contributed by atoms with van der Waals surface area (Å²) in [7, 11) is 1.70. The normalized spacial score (nSPS) is 31.1. The number of fused-ring (bicyclic) bond motifs is 1. The number of hydrogen-bond donors (Lipinski definition) is 1. The molecule has 0 radical (unpaired) electrons. The van der Waals surface area contributed by atoms with Crippen LogP contribution in [0.25, 0.3) is 0 Å². The van der Waals surface area contributed by atoms with Crippen LogP contribution < -0.4 is 5.32 Å². The van der Waals surface area contributed by atoms with Crippen molar-refractivity contribution in [3.05, 3.63) is 16.6 Å². The second kappa shape index (κ2) is 5.56. The van der Waals surface area contributed by atoms with Crippen molar-refractivity contribution >= 4 is 17.2 Å². The first-order valence-electron chi connectivity index (χ1n) is 6.68. The molecule has 5 nitrogen and oxygen atoms in total. The molecule has 19 heavy (non-hydrogen) atoms. The highest BCUT2D eigenvalue weighted by Crippen LogP contribution is 2.34. The lowest BCUT2D eigenvalue weighted by molar-refractivity contribution is -0.133. The Kier molecular flexibility index (Phi) is 3.81. The summed E-state index contributed by atoms with van der Waals surface area (Å²) in [5.74, 6) is 1.03. The molecule has 3 heterocycles. The second-order valence-electron chi connectivity index (χ2n) is 5.30. The number of nitrogens with one attached hydrogen (secondary N) is 1. The molecule has 0 aliphatic carbocycles. The van der Waals surface area contributed by atoms with E-state index in [0.717, 1.165) is 31.2 Å². The maximum absolute atomic E-state index is 11.9. The van der Waals surface area contributed by atoms with Gasteiger partial charge in [0, 0.05) is 31.7 Å². The molecule has 3 rings (SSSR count). The van der Waals surface area contributed by atoms with Gasteiger partial charge in [-0.3, -0.25) is 9.69 Å². The molecule has 1 amide bonds. The van der Waals surface area contributed by atoms with Gasteiger partial charge < -0.3 is 10.1 Å². The minimum absolute atomic E-state index is 0.00467. The Hall–Kier alpha value is -0.980. The quantitative estimate of drug-likeness (QED) is 0.881. The Balaban J connectivity index is 1.66. The molecule has 2 fully saturated rings. The second-order valence-corrected chi connectivity index (χ2v) is 6.28. The van der Waals surface area contributed by atoms with Crippen LogP contribution in [0.2, 0.25) is 0 Å². The number of carbonyl (C=O) groups excluding carboxylic acids is 1. The Morgan fingerprint density at radius 1 is 1.58 bits per heavy atom. The molecule has 2 saturated heterocycles. The fourth-order valence-electron chi connectivity index (χ4n) is 3.20. The average molecular weight is 281 g/mol. The highest BCUT2D eigenvalue weighted by molar-refractivity contribution is 7.09. The minimum atomic E-state index is 0.00467. The topological polar surface area (TPSA) is 54.5 Å². The molecule has 104 valence electrons. The maximum atomic E-state index is 11.9. The van der Waals surface area contributed by atoms with E-state index in [1.165, 1.54) is 0 Å². The summed E-state index contributed by atoms with van der Waals surface area (Å²) in [6.45, 7) is 4.23. The van der Waals surface area contributed by atoms with Crippen molar-refractivity contribution < 1.29 is 9.53 Å². The number of carbonyl (C=O) groups is 1. The molecular formula is C13H19N3O2S. The molecule has 0 aromatic carbocycles. The van der Waals surface area contributed by atoms with E-state index in [4.69, 9.17) is 4.74 Å². The number of hydrogen-bond acceptors (Lipinski definition) is 5. The van der Waals surface area contributed by atoms with Crippen molar-refractivity contribution in [2.24, 2.45) is 17.8 Å². The predicted molar refractivity (Wildman–Crippen MR) is 72.7 cm³/mol. The molecule has 1 aromatic rings. The van der Waals surface area contributed by atoms with Crippen LogP contribution in [-0.4, -0.2) is 49.1 Å². The fourth-order valence-corrected chi connectivity index (χ4v) is 3.86. The van der Waals surface area contributed by atoms with E-state index in [0.29, 0.717) is 18.4 Å². The number of rotatable bonds is 3. The number of likely N-dealkylation sites (tertiary alicyclic amines) is 1. The van der Waals surface area contributed by atoms with Crippen molar-refractivity contribution in [2.45, 2.75) is 6.54 Å². The van der Waals surface area contributed by atoms with Gasteiger partial charge in [-0.15, -0.1) is 11.3 Å².